The van der Waals surface area contributed by atoms with Gasteiger partial charge in [-0.3, -0.25) is 0 Å². The van der Waals surface area contributed by atoms with Crippen LogP contribution in [0.15, 0.2) is 36.7 Å². The van der Waals surface area contributed by atoms with Crippen molar-refractivity contribution in [2.45, 2.75) is 39.2 Å². The van der Waals surface area contributed by atoms with Crippen molar-refractivity contribution in [3.8, 4) is 5.75 Å². The van der Waals surface area contributed by atoms with Gasteiger partial charge in [0.15, 0.2) is 0 Å². The van der Waals surface area contributed by atoms with Crippen LogP contribution in [0.25, 0.3) is 0 Å². The summed E-state index contributed by atoms with van der Waals surface area (Å²) in [5.74, 6) is 3.46. The number of nitrogens with zero attached hydrogens (tertiary/aromatic N) is 4. The highest BCUT2D eigenvalue weighted by molar-refractivity contribution is 5.68. The molecule has 1 atom stereocenters. The number of ether oxygens (including phenoxy) is 2. The van der Waals surface area contributed by atoms with E-state index in [0.717, 1.165) is 48.6 Å². The van der Waals surface area contributed by atoms with E-state index in [0.29, 0.717) is 23.3 Å². The van der Waals surface area contributed by atoms with Crippen LogP contribution in [0.3, 0.4) is 0 Å². The number of aromatic nitrogens is 4. The molecule has 8 nitrogen and oxygen atoms in total. The lowest BCUT2D eigenvalue weighted by atomic mass is 10.00. The number of anilines is 4. The molecular weight excluding hydrogens is 380 g/mol. The van der Waals surface area contributed by atoms with Crippen LogP contribution in [0.2, 0.25) is 0 Å². The van der Waals surface area contributed by atoms with Crippen LogP contribution in [0.4, 0.5) is 23.1 Å². The number of benzene rings is 1. The van der Waals surface area contributed by atoms with Gasteiger partial charge in [-0.15, -0.1) is 0 Å². The molecule has 1 saturated heterocycles. The Hall–Kier alpha value is -3.26. The Morgan fingerprint density at radius 2 is 1.83 bits per heavy atom. The Bertz CT molecular complexity index is 1000. The fraction of sp³-hybridized carbons (Fsp3) is 0.364. The number of nitrogens with one attached hydrogen (secondary N) is 2. The fourth-order valence-corrected chi connectivity index (χ4v) is 3.66. The number of methoxy groups -OCH3 is 1. The SMILES string of the molecule is COc1c(Nc2cc(Nc3cc(C)nc(C)n3)ncn2)cccc1C1CCCCO1. The summed E-state index contributed by atoms with van der Waals surface area (Å²) in [6, 6.07) is 9.74. The second-order valence-corrected chi connectivity index (χ2v) is 7.26. The number of hydrogen-bond donors (Lipinski definition) is 2. The van der Waals surface area contributed by atoms with Gasteiger partial charge in [0.05, 0.1) is 18.9 Å². The van der Waals surface area contributed by atoms with Gasteiger partial charge in [-0.05, 0) is 39.2 Å². The first-order chi connectivity index (χ1) is 14.6. The van der Waals surface area contributed by atoms with E-state index in [4.69, 9.17) is 9.47 Å². The maximum atomic E-state index is 5.96. The van der Waals surface area contributed by atoms with Gasteiger partial charge in [0, 0.05) is 30.0 Å². The first-order valence-corrected chi connectivity index (χ1v) is 10.1. The summed E-state index contributed by atoms with van der Waals surface area (Å²) in [4.78, 5) is 17.3. The second-order valence-electron chi connectivity index (χ2n) is 7.26. The molecule has 156 valence electrons. The average molecular weight is 406 g/mol. The Labute approximate surface area is 176 Å². The summed E-state index contributed by atoms with van der Waals surface area (Å²) in [5, 5.41) is 6.56. The smallest absolute Gasteiger partial charge is 0.148 e. The summed E-state index contributed by atoms with van der Waals surface area (Å²) in [6.07, 6.45) is 4.83. The summed E-state index contributed by atoms with van der Waals surface area (Å²) in [5.41, 5.74) is 2.79. The molecular formula is C22H26N6O2. The first kappa shape index (κ1) is 20.0. The molecule has 3 heterocycles. The van der Waals surface area contributed by atoms with E-state index in [2.05, 4.69) is 36.6 Å². The van der Waals surface area contributed by atoms with Crippen molar-refractivity contribution in [1.29, 1.82) is 0 Å². The maximum absolute atomic E-state index is 5.96. The highest BCUT2D eigenvalue weighted by Gasteiger charge is 2.21. The normalized spacial score (nSPS) is 16.2. The van der Waals surface area contributed by atoms with Crippen molar-refractivity contribution >= 4 is 23.1 Å². The molecule has 0 saturated carbocycles. The average Bonchev–Trinajstić information content (AvgIpc) is 2.74. The Balaban J connectivity index is 1.56. The van der Waals surface area contributed by atoms with E-state index in [1.807, 2.05) is 38.1 Å². The van der Waals surface area contributed by atoms with Crippen LogP contribution in [-0.2, 0) is 4.74 Å². The van der Waals surface area contributed by atoms with Gasteiger partial charge in [0.2, 0.25) is 0 Å². The largest absolute Gasteiger partial charge is 0.494 e. The molecule has 0 aliphatic carbocycles. The lowest BCUT2D eigenvalue weighted by Crippen LogP contribution is -2.13. The number of aryl methyl sites for hydroxylation is 2. The zero-order chi connectivity index (χ0) is 20.9. The third kappa shape index (κ3) is 4.65. The fourth-order valence-electron chi connectivity index (χ4n) is 3.66. The number of rotatable bonds is 6. The van der Waals surface area contributed by atoms with Crippen LogP contribution in [0.5, 0.6) is 5.75 Å². The van der Waals surface area contributed by atoms with Crippen LogP contribution in [0, 0.1) is 13.8 Å². The molecule has 8 heteroatoms. The van der Waals surface area contributed by atoms with Gasteiger partial charge in [0.25, 0.3) is 0 Å². The first-order valence-electron chi connectivity index (χ1n) is 10.1. The van der Waals surface area contributed by atoms with Gasteiger partial charge in [0.1, 0.15) is 35.4 Å². The van der Waals surface area contributed by atoms with Gasteiger partial charge in [-0.25, -0.2) is 19.9 Å². The molecule has 1 fully saturated rings. The van der Waals surface area contributed by atoms with E-state index in [1.165, 1.54) is 6.33 Å². The lowest BCUT2D eigenvalue weighted by Gasteiger charge is -2.25. The van der Waals surface area contributed by atoms with Crippen molar-refractivity contribution in [1.82, 2.24) is 19.9 Å². The molecule has 30 heavy (non-hydrogen) atoms. The predicted molar refractivity (Wildman–Crippen MR) is 116 cm³/mol. The Morgan fingerprint density at radius 3 is 2.57 bits per heavy atom. The Kier molecular flexibility index (Phi) is 6.04. The van der Waals surface area contributed by atoms with Crippen molar-refractivity contribution in [2.75, 3.05) is 24.4 Å². The Morgan fingerprint density at radius 1 is 1.00 bits per heavy atom. The molecule has 0 radical (unpaired) electrons. The van der Waals surface area contributed by atoms with E-state index in [1.54, 1.807) is 7.11 Å². The van der Waals surface area contributed by atoms with Crippen LogP contribution < -0.4 is 15.4 Å². The topological polar surface area (TPSA) is 94.1 Å². The van der Waals surface area contributed by atoms with Crippen LogP contribution >= 0.6 is 0 Å². The summed E-state index contributed by atoms with van der Waals surface area (Å²) in [6.45, 7) is 4.58. The third-order valence-electron chi connectivity index (χ3n) is 4.93. The van der Waals surface area contributed by atoms with E-state index >= 15 is 0 Å². The van der Waals surface area contributed by atoms with E-state index in [-0.39, 0.29) is 6.10 Å². The minimum absolute atomic E-state index is 0.0577. The molecule has 0 amide bonds. The minimum Gasteiger partial charge on any atom is -0.494 e. The van der Waals surface area contributed by atoms with Gasteiger partial charge < -0.3 is 20.1 Å². The van der Waals surface area contributed by atoms with E-state index in [9.17, 15) is 0 Å². The quantitative estimate of drug-likeness (QED) is 0.612. The molecule has 1 unspecified atom stereocenters. The van der Waals surface area contributed by atoms with Crippen LogP contribution in [0.1, 0.15) is 42.4 Å². The highest BCUT2D eigenvalue weighted by atomic mass is 16.5. The standard InChI is InChI=1S/C22H26N6O2/c1-14-11-21(26-15(2)25-14)28-20-12-19(23-13-24-20)27-17-8-6-7-16(22(17)29-3)18-9-4-5-10-30-18/h6-8,11-13,18H,4-5,9-10H2,1-3H3,(H2,23,24,25,26,27,28). The van der Waals surface area contributed by atoms with E-state index < -0.39 is 0 Å². The predicted octanol–water partition coefficient (Wildman–Crippen LogP) is 4.62. The molecule has 2 N–H and O–H groups in total. The number of hydrogen-bond acceptors (Lipinski definition) is 8. The second kappa shape index (κ2) is 9.04. The molecule has 1 aliphatic rings. The third-order valence-corrected chi connectivity index (χ3v) is 4.93. The highest BCUT2D eigenvalue weighted by Crippen LogP contribution is 2.39. The molecule has 1 aliphatic heterocycles. The van der Waals surface area contributed by atoms with Crippen molar-refractivity contribution in [3.63, 3.8) is 0 Å². The summed E-state index contributed by atoms with van der Waals surface area (Å²) in [7, 11) is 1.68. The molecule has 1 aromatic carbocycles. The van der Waals surface area contributed by atoms with Gasteiger partial charge in [-0.2, -0.15) is 0 Å². The molecule has 3 aromatic rings. The zero-order valence-electron chi connectivity index (χ0n) is 17.5. The summed E-state index contributed by atoms with van der Waals surface area (Å²) < 4.78 is 11.7. The summed E-state index contributed by atoms with van der Waals surface area (Å²) >= 11 is 0. The van der Waals surface area contributed by atoms with Gasteiger partial charge >= 0.3 is 0 Å². The lowest BCUT2D eigenvalue weighted by molar-refractivity contribution is 0.0136. The zero-order valence-corrected chi connectivity index (χ0v) is 17.5. The molecule has 2 aromatic heterocycles. The number of para-hydroxylation sites is 1. The minimum atomic E-state index is 0.0577. The maximum Gasteiger partial charge on any atom is 0.148 e. The van der Waals surface area contributed by atoms with Crippen molar-refractivity contribution < 1.29 is 9.47 Å². The van der Waals surface area contributed by atoms with Crippen molar-refractivity contribution in [3.05, 3.63) is 53.7 Å². The van der Waals surface area contributed by atoms with Gasteiger partial charge in [-0.1, -0.05) is 12.1 Å². The van der Waals surface area contributed by atoms with Crippen LogP contribution in [-0.4, -0.2) is 33.7 Å². The van der Waals surface area contributed by atoms with Crippen molar-refractivity contribution in [2.24, 2.45) is 0 Å². The molecule has 0 bridgehead atoms. The molecule has 4 rings (SSSR count). The molecule has 0 spiro atoms. The monoisotopic (exact) mass is 406 g/mol.